The Hall–Kier alpha value is -3.93. The normalized spacial score (nSPS) is 10.3. The summed E-state index contributed by atoms with van der Waals surface area (Å²) < 4.78 is 0. The molecule has 0 saturated heterocycles. The molecule has 0 spiro atoms. The summed E-state index contributed by atoms with van der Waals surface area (Å²) in [6.07, 6.45) is 8.54. The van der Waals surface area contributed by atoms with Crippen LogP contribution in [0.25, 0.3) is 5.57 Å². The highest BCUT2D eigenvalue weighted by Gasteiger charge is 2.10. The van der Waals surface area contributed by atoms with Crippen molar-refractivity contribution in [2.24, 2.45) is 0 Å². The minimum atomic E-state index is 0.481. The fourth-order valence-electron chi connectivity index (χ4n) is 3.03. The number of hydrogen-bond donors (Lipinski definition) is 3. The van der Waals surface area contributed by atoms with E-state index in [4.69, 9.17) is 0 Å². The molecule has 0 atom stereocenters. The van der Waals surface area contributed by atoms with Gasteiger partial charge < -0.3 is 16.0 Å². The van der Waals surface area contributed by atoms with Gasteiger partial charge in [0.05, 0.1) is 11.9 Å². The third-order valence-corrected chi connectivity index (χ3v) is 4.79. The lowest BCUT2D eigenvalue weighted by Gasteiger charge is -2.14. The van der Waals surface area contributed by atoms with Gasteiger partial charge in [0.15, 0.2) is 0 Å². The van der Waals surface area contributed by atoms with E-state index in [1.165, 1.54) is 0 Å². The van der Waals surface area contributed by atoms with Crippen LogP contribution < -0.4 is 16.0 Å². The van der Waals surface area contributed by atoms with Crippen LogP contribution >= 0.6 is 0 Å². The first-order valence-electron chi connectivity index (χ1n) is 10.7. The highest BCUT2D eigenvalue weighted by Crippen LogP contribution is 2.27. The molecule has 32 heavy (non-hydrogen) atoms. The average Bonchev–Trinajstić information content (AvgIpc) is 2.79. The highest BCUT2D eigenvalue weighted by atomic mass is 15.1. The largest absolute Gasteiger partial charge is 0.356 e. The molecule has 0 amide bonds. The Morgan fingerprint density at radius 1 is 1.00 bits per heavy atom. The van der Waals surface area contributed by atoms with Gasteiger partial charge in [0.1, 0.15) is 5.82 Å². The van der Waals surface area contributed by atoms with E-state index >= 15 is 0 Å². The molecule has 1 aromatic carbocycles. The summed E-state index contributed by atoms with van der Waals surface area (Å²) in [4.78, 5) is 13.7. The Bertz CT molecular complexity index is 1100. The Balaban J connectivity index is 1.80. The minimum absolute atomic E-state index is 0.481. The molecule has 0 fully saturated rings. The zero-order chi connectivity index (χ0) is 22.9. The van der Waals surface area contributed by atoms with Crippen molar-refractivity contribution in [3.8, 4) is 0 Å². The molecule has 3 aromatic rings. The lowest BCUT2D eigenvalue weighted by Crippen LogP contribution is -2.04. The maximum atomic E-state index is 4.69. The number of hydrogen-bond acceptors (Lipinski definition) is 6. The summed E-state index contributed by atoms with van der Waals surface area (Å²) in [7, 11) is 0. The number of rotatable bonds is 11. The molecule has 0 aliphatic carbocycles. The molecule has 0 aliphatic rings. The molecule has 2 heterocycles. The van der Waals surface area contributed by atoms with Crippen LogP contribution in [0.5, 0.6) is 0 Å². The Kier molecular flexibility index (Phi) is 7.75. The van der Waals surface area contributed by atoms with E-state index in [-0.39, 0.29) is 0 Å². The molecule has 6 heteroatoms. The van der Waals surface area contributed by atoms with Crippen molar-refractivity contribution in [3.05, 3.63) is 91.6 Å². The fraction of sp³-hybridized carbons (Fsp3) is 0.192. The predicted molar refractivity (Wildman–Crippen MR) is 136 cm³/mol. The van der Waals surface area contributed by atoms with Crippen LogP contribution in [0, 0.1) is 0 Å². The van der Waals surface area contributed by atoms with Gasteiger partial charge in [-0.1, -0.05) is 39.1 Å². The summed E-state index contributed by atoms with van der Waals surface area (Å²) >= 11 is 0. The molecule has 0 unspecified atom stereocenters. The Morgan fingerprint density at radius 2 is 1.81 bits per heavy atom. The zero-order valence-corrected chi connectivity index (χ0v) is 18.8. The van der Waals surface area contributed by atoms with E-state index in [1.54, 1.807) is 12.3 Å². The van der Waals surface area contributed by atoms with E-state index in [1.807, 2.05) is 49.5 Å². The van der Waals surface area contributed by atoms with Crippen molar-refractivity contribution in [2.75, 3.05) is 16.0 Å². The molecule has 0 saturated carbocycles. The van der Waals surface area contributed by atoms with Gasteiger partial charge in [-0.25, -0.2) is 4.98 Å². The van der Waals surface area contributed by atoms with Crippen LogP contribution in [-0.4, -0.2) is 15.0 Å². The topological polar surface area (TPSA) is 74.8 Å². The van der Waals surface area contributed by atoms with Gasteiger partial charge in [-0.2, -0.15) is 4.98 Å². The molecule has 2 aromatic heterocycles. The summed E-state index contributed by atoms with van der Waals surface area (Å²) in [5.41, 5.74) is 6.15. The van der Waals surface area contributed by atoms with Gasteiger partial charge in [0.2, 0.25) is 5.95 Å². The van der Waals surface area contributed by atoms with Crippen molar-refractivity contribution in [1.82, 2.24) is 15.0 Å². The standard InChI is InChI=1S/C26H30N6/c1-6-8-10-20-13-14-23(16-27-20)31-26-28-17-24(18(3)4)25(32-26)30-22-12-9-11-21(15-22)29-19(5)7-2/h7,9,11-17,29H,2-3,5-6,8,10H2,1,4H3,(H2,28,30,31,32). The van der Waals surface area contributed by atoms with Gasteiger partial charge in [0.25, 0.3) is 0 Å². The average molecular weight is 427 g/mol. The number of allylic oxidation sites excluding steroid dienone is 2. The lowest BCUT2D eigenvalue weighted by molar-refractivity contribution is 0.777. The number of unbranched alkanes of at least 4 members (excludes halogenated alkanes) is 1. The fourth-order valence-corrected chi connectivity index (χ4v) is 3.03. The van der Waals surface area contributed by atoms with Crippen molar-refractivity contribution in [1.29, 1.82) is 0 Å². The SMILES string of the molecule is C=CC(=C)Nc1cccc(Nc2nc(Nc3ccc(CCCC)nc3)ncc2C(=C)C)c1. The quantitative estimate of drug-likeness (QED) is 0.291. The second kappa shape index (κ2) is 10.9. The van der Waals surface area contributed by atoms with E-state index in [0.29, 0.717) is 11.8 Å². The third-order valence-electron chi connectivity index (χ3n) is 4.79. The number of nitrogens with zero attached hydrogens (tertiary/aromatic N) is 3. The van der Waals surface area contributed by atoms with Gasteiger partial charge in [-0.05, 0) is 61.7 Å². The number of pyridine rings is 1. The number of anilines is 5. The zero-order valence-electron chi connectivity index (χ0n) is 18.8. The first-order chi connectivity index (χ1) is 15.5. The van der Waals surface area contributed by atoms with Crippen molar-refractivity contribution < 1.29 is 0 Å². The molecule has 3 N–H and O–H groups in total. The summed E-state index contributed by atoms with van der Waals surface area (Å²) in [5, 5.41) is 9.81. The number of aromatic nitrogens is 3. The van der Waals surface area contributed by atoms with E-state index < -0.39 is 0 Å². The monoisotopic (exact) mass is 426 g/mol. The van der Waals surface area contributed by atoms with Gasteiger partial charge >= 0.3 is 0 Å². The first kappa shape index (κ1) is 22.7. The smallest absolute Gasteiger partial charge is 0.229 e. The van der Waals surface area contributed by atoms with Crippen LogP contribution in [0.4, 0.5) is 28.8 Å². The summed E-state index contributed by atoms with van der Waals surface area (Å²) in [5.74, 6) is 1.15. The van der Waals surface area contributed by atoms with Gasteiger partial charge in [0, 0.05) is 34.5 Å². The van der Waals surface area contributed by atoms with E-state index in [2.05, 4.69) is 57.6 Å². The van der Waals surface area contributed by atoms with Crippen LogP contribution in [0.2, 0.25) is 0 Å². The molecular formula is C26H30N6. The second-order valence-electron chi connectivity index (χ2n) is 7.56. The number of aryl methyl sites for hydroxylation is 1. The van der Waals surface area contributed by atoms with E-state index in [0.717, 1.165) is 58.9 Å². The Morgan fingerprint density at radius 3 is 2.50 bits per heavy atom. The first-order valence-corrected chi connectivity index (χ1v) is 10.7. The molecule has 0 radical (unpaired) electrons. The second-order valence-corrected chi connectivity index (χ2v) is 7.56. The van der Waals surface area contributed by atoms with E-state index in [9.17, 15) is 0 Å². The summed E-state index contributed by atoms with van der Waals surface area (Å²) in [6, 6.07) is 11.9. The van der Waals surface area contributed by atoms with Crippen LogP contribution in [0.3, 0.4) is 0 Å². The predicted octanol–water partition coefficient (Wildman–Crippen LogP) is 6.85. The molecule has 6 nitrogen and oxygen atoms in total. The Labute approximate surface area is 190 Å². The molecule has 164 valence electrons. The highest BCUT2D eigenvalue weighted by molar-refractivity contribution is 5.76. The molecule has 0 aliphatic heterocycles. The van der Waals surface area contributed by atoms with Crippen LogP contribution in [0.1, 0.15) is 37.9 Å². The summed E-state index contributed by atoms with van der Waals surface area (Å²) in [6.45, 7) is 15.8. The van der Waals surface area contributed by atoms with Crippen molar-refractivity contribution in [3.63, 3.8) is 0 Å². The maximum absolute atomic E-state index is 4.69. The molecular weight excluding hydrogens is 396 g/mol. The van der Waals surface area contributed by atoms with Gasteiger partial charge in [-0.3, -0.25) is 4.98 Å². The maximum Gasteiger partial charge on any atom is 0.229 e. The number of benzene rings is 1. The number of nitrogens with one attached hydrogen (secondary N) is 3. The lowest BCUT2D eigenvalue weighted by atomic mass is 10.1. The van der Waals surface area contributed by atoms with Crippen molar-refractivity contribution >= 4 is 34.4 Å². The van der Waals surface area contributed by atoms with Crippen LogP contribution in [-0.2, 0) is 6.42 Å². The minimum Gasteiger partial charge on any atom is -0.356 e. The van der Waals surface area contributed by atoms with Crippen molar-refractivity contribution in [2.45, 2.75) is 33.1 Å². The van der Waals surface area contributed by atoms with Crippen LogP contribution in [0.15, 0.2) is 80.3 Å². The third kappa shape index (κ3) is 6.28. The molecule has 3 rings (SSSR count). The van der Waals surface area contributed by atoms with Gasteiger partial charge in [-0.15, -0.1) is 0 Å². The molecule has 0 bridgehead atoms.